The summed E-state index contributed by atoms with van der Waals surface area (Å²) in [4.78, 5) is 4.77. The molecular weight excluding hydrogens is 395 g/mol. The van der Waals surface area contributed by atoms with E-state index in [1.807, 2.05) is 36.7 Å². The van der Waals surface area contributed by atoms with Gasteiger partial charge in [0.2, 0.25) is 5.88 Å². The van der Waals surface area contributed by atoms with Crippen molar-refractivity contribution < 1.29 is 9.13 Å². The maximum atomic E-state index is 14.7. The molecule has 0 N–H and O–H groups in total. The van der Waals surface area contributed by atoms with E-state index in [1.54, 1.807) is 24.3 Å². The van der Waals surface area contributed by atoms with Crippen molar-refractivity contribution in [3.63, 3.8) is 0 Å². The van der Waals surface area contributed by atoms with Gasteiger partial charge >= 0.3 is 0 Å². The molecule has 0 spiro atoms. The summed E-state index contributed by atoms with van der Waals surface area (Å²) in [6.45, 7) is 6.89. The lowest BCUT2D eigenvalue weighted by Gasteiger charge is -2.32. The number of aryl methyl sites for hydroxylation is 2. The molecule has 3 heterocycles. The Morgan fingerprint density at radius 2 is 1.90 bits per heavy atom. The van der Waals surface area contributed by atoms with Crippen LogP contribution in [0.2, 0.25) is 0 Å². The van der Waals surface area contributed by atoms with Gasteiger partial charge in [0.05, 0.1) is 35.3 Å². The number of aromatic nitrogens is 6. The topological polar surface area (TPSA) is 70.7 Å². The number of fused-ring (bicyclic) bond motifs is 1. The number of hydrogen-bond donors (Lipinski definition) is 0. The highest BCUT2D eigenvalue weighted by Crippen LogP contribution is 2.42. The van der Waals surface area contributed by atoms with Crippen LogP contribution in [0, 0.1) is 5.82 Å². The zero-order valence-electron chi connectivity index (χ0n) is 18.6. The number of benzene rings is 1. The summed E-state index contributed by atoms with van der Waals surface area (Å²) >= 11 is 0. The van der Waals surface area contributed by atoms with Crippen LogP contribution in [0.5, 0.6) is 5.88 Å². The van der Waals surface area contributed by atoms with E-state index in [4.69, 9.17) is 9.72 Å². The third-order valence-corrected chi connectivity index (χ3v) is 6.22. The summed E-state index contributed by atoms with van der Waals surface area (Å²) in [5.41, 5.74) is 2.63. The first-order chi connectivity index (χ1) is 15.0. The summed E-state index contributed by atoms with van der Waals surface area (Å²) < 4.78 is 24.2. The van der Waals surface area contributed by atoms with E-state index >= 15 is 0 Å². The summed E-state index contributed by atoms with van der Waals surface area (Å²) in [5, 5.41) is 13.2. The molecule has 8 heteroatoms. The lowest BCUT2D eigenvalue weighted by molar-refractivity contribution is 0.361. The van der Waals surface area contributed by atoms with Crippen molar-refractivity contribution in [1.82, 2.24) is 29.5 Å². The predicted molar refractivity (Wildman–Crippen MR) is 118 cm³/mol. The van der Waals surface area contributed by atoms with E-state index in [2.05, 4.69) is 29.1 Å². The van der Waals surface area contributed by atoms with Crippen molar-refractivity contribution in [3.05, 3.63) is 54.0 Å². The van der Waals surface area contributed by atoms with Crippen molar-refractivity contribution >= 4 is 10.9 Å². The van der Waals surface area contributed by atoms with Crippen molar-refractivity contribution in [2.24, 2.45) is 7.05 Å². The zero-order chi connectivity index (χ0) is 22.2. The highest BCUT2D eigenvalue weighted by atomic mass is 19.1. The highest BCUT2D eigenvalue weighted by molar-refractivity contribution is 5.84. The van der Waals surface area contributed by atoms with Gasteiger partial charge in [0.15, 0.2) is 0 Å². The van der Waals surface area contributed by atoms with Crippen molar-refractivity contribution in [2.75, 3.05) is 7.11 Å². The monoisotopic (exact) mass is 422 g/mol. The van der Waals surface area contributed by atoms with Gasteiger partial charge in [-0.25, -0.2) is 9.37 Å². The molecule has 0 saturated heterocycles. The number of halogens is 1. The lowest BCUT2D eigenvalue weighted by atomic mass is 9.75. The normalized spacial score (nSPS) is 11.9. The lowest BCUT2D eigenvalue weighted by Crippen LogP contribution is -2.30. The third-order valence-electron chi connectivity index (χ3n) is 6.22. The fourth-order valence-electron chi connectivity index (χ4n) is 4.44. The minimum atomic E-state index is -0.391. The van der Waals surface area contributed by atoms with Gasteiger partial charge in [-0.3, -0.25) is 4.68 Å². The molecule has 0 atom stereocenters. The number of rotatable bonds is 7. The number of hydrogen-bond acceptors (Lipinski definition) is 5. The molecule has 31 heavy (non-hydrogen) atoms. The average Bonchev–Trinajstić information content (AvgIpc) is 3.42. The second kappa shape index (κ2) is 8.09. The van der Waals surface area contributed by atoms with E-state index in [0.717, 1.165) is 29.7 Å². The molecule has 0 aliphatic heterocycles. The molecule has 0 aliphatic carbocycles. The maximum Gasteiger partial charge on any atom is 0.217 e. The second-order valence-electron chi connectivity index (χ2n) is 7.66. The van der Waals surface area contributed by atoms with Crippen LogP contribution in [-0.2, 0) is 19.0 Å². The summed E-state index contributed by atoms with van der Waals surface area (Å²) in [6, 6.07) is 7.36. The van der Waals surface area contributed by atoms with Crippen LogP contribution >= 0.6 is 0 Å². The van der Waals surface area contributed by atoms with Crippen LogP contribution < -0.4 is 4.74 Å². The molecule has 0 amide bonds. The number of ether oxygens (including phenoxy) is 1. The fourth-order valence-corrected chi connectivity index (χ4v) is 4.44. The minimum absolute atomic E-state index is 0.312. The van der Waals surface area contributed by atoms with Gasteiger partial charge in [0.1, 0.15) is 18.0 Å². The van der Waals surface area contributed by atoms with Gasteiger partial charge < -0.3 is 9.30 Å². The third kappa shape index (κ3) is 3.26. The Morgan fingerprint density at radius 3 is 2.52 bits per heavy atom. The largest absolute Gasteiger partial charge is 0.481 e. The molecular formula is C23H27FN6O. The zero-order valence-corrected chi connectivity index (χ0v) is 18.6. The average molecular weight is 423 g/mol. The van der Waals surface area contributed by atoms with Gasteiger partial charge in [0, 0.05) is 24.7 Å². The molecule has 7 nitrogen and oxygen atoms in total. The maximum absolute atomic E-state index is 14.7. The fraction of sp³-hybridized carbons (Fsp3) is 0.391. The molecule has 162 valence electrons. The minimum Gasteiger partial charge on any atom is -0.481 e. The van der Waals surface area contributed by atoms with Gasteiger partial charge in [-0.2, -0.15) is 5.10 Å². The van der Waals surface area contributed by atoms with Crippen LogP contribution in [0.15, 0.2) is 36.8 Å². The quantitative estimate of drug-likeness (QED) is 0.439. The van der Waals surface area contributed by atoms with Crippen LogP contribution in [0.4, 0.5) is 4.39 Å². The van der Waals surface area contributed by atoms with E-state index in [1.165, 1.54) is 6.07 Å². The molecule has 0 radical (unpaired) electrons. The summed E-state index contributed by atoms with van der Waals surface area (Å²) in [6.07, 6.45) is 4.89. The van der Waals surface area contributed by atoms with E-state index in [9.17, 15) is 4.39 Å². The smallest absolute Gasteiger partial charge is 0.217 e. The Kier molecular flexibility index (Phi) is 5.47. The van der Waals surface area contributed by atoms with Crippen LogP contribution in [-0.4, -0.2) is 36.6 Å². The first kappa shape index (κ1) is 21.0. The summed E-state index contributed by atoms with van der Waals surface area (Å²) in [7, 11) is 3.55. The first-order valence-electron chi connectivity index (χ1n) is 10.5. The van der Waals surface area contributed by atoms with Crippen LogP contribution in [0.1, 0.15) is 45.0 Å². The van der Waals surface area contributed by atoms with Gasteiger partial charge in [-0.15, -0.1) is 10.2 Å². The van der Waals surface area contributed by atoms with Gasteiger partial charge in [-0.05, 0) is 38.0 Å². The predicted octanol–water partition coefficient (Wildman–Crippen LogP) is 4.50. The van der Waals surface area contributed by atoms with Crippen LogP contribution in [0.3, 0.4) is 0 Å². The van der Waals surface area contributed by atoms with Gasteiger partial charge in [-0.1, -0.05) is 19.9 Å². The molecule has 3 aromatic heterocycles. The molecule has 0 aliphatic rings. The van der Waals surface area contributed by atoms with Crippen molar-refractivity contribution in [3.8, 4) is 17.1 Å². The first-order valence-corrected chi connectivity index (χ1v) is 10.5. The Bertz CT molecular complexity index is 1220. The summed E-state index contributed by atoms with van der Waals surface area (Å²) in [5.74, 6) is 1.06. The van der Waals surface area contributed by atoms with Crippen molar-refractivity contribution in [1.29, 1.82) is 0 Å². The molecule has 4 aromatic rings. The molecule has 0 unspecified atom stereocenters. The molecule has 1 aromatic carbocycles. The highest BCUT2D eigenvalue weighted by Gasteiger charge is 2.38. The van der Waals surface area contributed by atoms with Crippen molar-refractivity contribution in [2.45, 2.75) is 45.6 Å². The Morgan fingerprint density at radius 1 is 1.13 bits per heavy atom. The number of methoxy groups -OCH3 is 1. The molecule has 4 rings (SSSR count). The van der Waals surface area contributed by atoms with Gasteiger partial charge in [0.25, 0.3) is 0 Å². The Hall–Kier alpha value is -3.29. The standard InChI is InChI=1S/C23H27FN6O/c1-6-23(7-2,22-28-25-14-29(22)4)17-9-10-19(27-21(17)31-5)15-11-18(24)16-13-26-30(8-3)20(16)12-15/h9-14H,6-8H2,1-5H3. The Labute approximate surface area is 180 Å². The molecule has 0 fully saturated rings. The van der Waals surface area contributed by atoms with E-state index < -0.39 is 5.41 Å². The number of pyridine rings is 1. The Balaban J connectivity index is 1.87. The number of nitrogens with zero attached hydrogens (tertiary/aromatic N) is 6. The van der Waals surface area contributed by atoms with Crippen LogP contribution in [0.25, 0.3) is 22.2 Å². The molecule has 0 saturated carbocycles. The van der Waals surface area contributed by atoms with E-state index in [0.29, 0.717) is 29.1 Å². The molecule has 0 bridgehead atoms. The second-order valence-corrected chi connectivity index (χ2v) is 7.66. The SMILES string of the molecule is CCn1ncc2c(F)cc(-c3ccc(C(CC)(CC)c4nncn4C)c(OC)n3)cc21. The van der Waals surface area contributed by atoms with E-state index in [-0.39, 0.29) is 5.82 Å².